The topological polar surface area (TPSA) is 40.7 Å². The number of likely N-dealkylation sites (tertiary alicyclic amines) is 2. The summed E-state index contributed by atoms with van der Waals surface area (Å²) in [5.74, 6) is 1.63. The first kappa shape index (κ1) is 18.3. The molecule has 0 spiro atoms. The van der Waals surface area contributed by atoms with E-state index in [4.69, 9.17) is 9.47 Å². The van der Waals surface area contributed by atoms with Crippen molar-refractivity contribution in [2.45, 2.75) is 67.1 Å². The van der Waals surface area contributed by atoms with Gasteiger partial charge in [-0.1, -0.05) is 0 Å². The molecule has 5 unspecified atom stereocenters. The van der Waals surface area contributed by atoms with Crippen LogP contribution >= 0.6 is 11.8 Å². The monoisotopic (exact) mass is 403 g/mol. The maximum absolute atomic E-state index is 6.56. The highest BCUT2D eigenvalue weighted by atomic mass is 32.2. The molecule has 6 rings (SSSR count). The van der Waals surface area contributed by atoms with Gasteiger partial charge in [-0.2, -0.15) is 0 Å². The van der Waals surface area contributed by atoms with Crippen molar-refractivity contribution in [3.8, 4) is 0 Å². The standard InChI is InChI=1S/C22H33N3O2S/c1-2-11-25(10-1)22(20-7-4-14-26-20)21(19-8-15-27-19,24-12-5-13-24)17(16-28-22)18-6-3-9-23-18/h3,6,9,17,19-20,23H,1-2,4-5,7-8,10-16H2. The first-order valence-corrected chi connectivity index (χ1v) is 12.4. The average molecular weight is 404 g/mol. The van der Waals surface area contributed by atoms with Gasteiger partial charge < -0.3 is 14.5 Å². The van der Waals surface area contributed by atoms with Gasteiger partial charge >= 0.3 is 0 Å². The van der Waals surface area contributed by atoms with Crippen LogP contribution in [0.1, 0.15) is 50.1 Å². The number of ether oxygens (including phenoxy) is 2. The number of nitrogens with one attached hydrogen (secondary N) is 1. The lowest BCUT2D eigenvalue weighted by Crippen LogP contribution is -2.80. The van der Waals surface area contributed by atoms with Crippen LogP contribution < -0.4 is 0 Å². The summed E-state index contributed by atoms with van der Waals surface area (Å²) in [7, 11) is 0. The molecule has 1 aromatic heterocycles. The summed E-state index contributed by atoms with van der Waals surface area (Å²) in [6.07, 6.45) is 10.3. The lowest BCUT2D eigenvalue weighted by molar-refractivity contribution is -0.210. The maximum atomic E-state index is 6.56. The number of aromatic nitrogens is 1. The molecule has 154 valence electrons. The fourth-order valence-electron chi connectivity index (χ4n) is 6.80. The molecule has 5 fully saturated rings. The van der Waals surface area contributed by atoms with Gasteiger partial charge in [-0.05, 0) is 63.7 Å². The third-order valence-electron chi connectivity index (χ3n) is 8.08. The number of hydrogen-bond acceptors (Lipinski definition) is 5. The Kier molecular flexibility index (Phi) is 4.57. The third kappa shape index (κ3) is 2.30. The predicted octanol–water partition coefficient (Wildman–Crippen LogP) is 3.05. The summed E-state index contributed by atoms with van der Waals surface area (Å²) < 4.78 is 13.0. The van der Waals surface area contributed by atoms with Crippen molar-refractivity contribution in [3.05, 3.63) is 24.0 Å². The molecule has 1 N–H and O–H groups in total. The molecule has 5 aliphatic heterocycles. The van der Waals surface area contributed by atoms with E-state index in [0.29, 0.717) is 18.1 Å². The number of nitrogens with zero attached hydrogens (tertiary/aromatic N) is 2. The van der Waals surface area contributed by atoms with E-state index in [1.54, 1.807) is 0 Å². The first-order valence-electron chi connectivity index (χ1n) is 11.4. The fraction of sp³-hybridized carbons (Fsp3) is 0.818. The van der Waals surface area contributed by atoms with Gasteiger partial charge in [-0.3, -0.25) is 9.80 Å². The molecule has 0 saturated carbocycles. The number of aromatic amines is 1. The van der Waals surface area contributed by atoms with Crippen molar-refractivity contribution >= 4 is 11.8 Å². The first-order chi connectivity index (χ1) is 13.9. The van der Waals surface area contributed by atoms with Crippen molar-refractivity contribution in [2.24, 2.45) is 0 Å². The summed E-state index contributed by atoms with van der Waals surface area (Å²) in [6.45, 7) is 6.69. The van der Waals surface area contributed by atoms with Gasteiger partial charge in [-0.15, -0.1) is 11.8 Å². The van der Waals surface area contributed by atoms with Gasteiger partial charge in [0.15, 0.2) is 0 Å². The summed E-state index contributed by atoms with van der Waals surface area (Å²) >= 11 is 2.21. The Morgan fingerprint density at radius 2 is 1.71 bits per heavy atom. The quantitative estimate of drug-likeness (QED) is 0.818. The van der Waals surface area contributed by atoms with Crippen molar-refractivity contribution < 1.29 is 9.47 Å². The highest BCUT2D eigenvalue weighted by molar-refractivity contribution is 8.01. The Hall–Kier alpha value is -0.530. The summed E-state index contributed by atoms with van der Waals surface area (Å²) in [6, 6.07) is 4.48. The molecule has 0 bridgehead atoms. The van der Waals surface area contributed by atoms with Crippen LogP contribution in [0.15, 0.2) is 18.3 Å². The van der Waals surface area contributed by atoms with E-state index in [1.807, 2.05) is 0 Å². The van der Waals surface area contributed by atoms with E-state index in [2.05, 4.69) is 44.9 Å². The largest absolute Gasteiger partial charge is 0.376 e. The second kappa shape index (κ2) is 7.02. The number of hydrogen-bond donors (Lipinski definition) is 1. The molecular weight excluding hydrogens is 370 g/mol. The molecule has 0 aromatic carbocycles. The molecule has 1 aromatic rings. The van der Waals surface area contributed by atoms with Crippen molar-refractivity contribution in [1.82, 2.24) is 14.8 Å². The molecule has 0 amide bonds. The Balaban J connectivity index is 1.55. The van der Waals surface area contributed by atoms with Crippen LogP contribution in [0.3, 0.4) is 0 Å². The molecule has 5 nitrogen and oxygen atoms in total. The van der Waals surface area contributed by atoms with Crippen molar-refractivity contribution in [3.63, 3.8) is 0 Å². The maximum Gasteiger partial charge on any atom is 0.115 e. The van der Waals surface area contributed by atoms with Crippen LogP contribution in [0.5, 0.6) is 0 Å². The molecule has 6 heterocycles. The molecule has 5 saturated heterocycles. The Bertz CT molecular complexity index is 646. The summed E-state index contributed by atoms with van der Waals surface area (Å²) in [5, 5.41) is 0. The summed E-state index contributed by atoms with van der Waals surface area (Å²) in [4.78, 5) is 9.28. The van der Waals surface area contributed by atoms with E-state index >= 15 is 0 Å². The van der Waals surface area contributed by atoms with E-state index in [1.165, 1.54) is 70.4 Å². The van der Waals surface area contributed by atoms with Gasteiger partial charge in [-0.25, -0.2) is 0 Å². The minimum absolute atomic E-state index is 0.0123. The molecule has 5 aliphatic rings. The van der Waals surface area contributed by atoms with Gasteiger partial charge in [0.05, 0.1) is 17.7 Å². The van der Waals surface area contributed by atoms with Gasteiger partial charge in [0.1, 0.15) is 4.87 Å². The SMILES string of the molecule is c1c[nH]c(C2CSC(C3CCCO3)(N3CCCC3)C2(C2CCO2)N2CCC2)c1. The molecule has 0 aliphatic carbocycles. The highest BCUT2D eigenvalue weighted by Gasteiger charge is 2.74. The van der Waals surface area contributed by atoms with Crippen LogP contribution in [0.2, 0.25) is 0 Å². The lowest BCUT2D eigenvalue weighted by Gasteiger charge is -2.65. The fourth-order valence-corrected chi connectivity index (χ4v) is 9.03. The van der Waals surface area contributed by atoms with Crippen LogP contribution in [0.4, 0.5) is 0 Å². The smallest absolute Gasteiger partial charge is 0.115 e. The molecule has 28 heavy (non-hydrogen) atoms. The van der Waals surface area contributed by atoms with E-state index in [-0.39, 0.29) is 10.4 Å². The van der Waals surface area contributed by atoms with E-state index in [9.17, 15) is 0 Å². The second-order valence-corrected chi connectivity index (χ2v) is 10.4. The Morgan fingerprint density at radius 1 is 0.929 bits per heavy atom. The van der Waals surface area contributed by atoms with E-state index < -0.39 is 0 Å². The van der Waals surface area contributed by atoms with Crippen LogP contribution in [0, 0.1) is 0 Å². The van der Waals surface area contributed by atoms with Gasteiger partial charge in [0, 0.05) is 49.9 Å². The minimum atomic E-state index is 0.0123. The predicted molar refractivity (Wildman–Crippen MR) is 112 cm³/mol. The highest BCUT2D eigenvalue weighted by Crippen LogP contribution is 2.65. The zero-order chi connectivity index (χ0) is 18.6. The molecular formula is C22H33N3O2S. The average Bonchev–Trinajstić information content (AvgIpc) is 3.39. The van der Waals surface area contributed by atoms with Gasteiger partial charge in [0.25, 0.3) is 0 Å². The number of H-pyrrole nitrogens is 1. The van der Waals surface area contributed by atoms with Crippen LogP contribution in [-0.2, 0) is 9.47 Å². The molecule has 5 atom stereocenters. The Labute approximate surface area is 172 Å². The zero-order valence-corrected chi connectivity index (χ0v) is 17.6. The van der Waals surface area contributed by atoms with Crippen molar-refractivity contribution in [2.75, 3.05) is 45.1 Å². The molecule has 6 heteroatoms. The normalized spacial score (nSPS) is 44.6. The third-order valence-corrected chi connectivity index (χ3v) is 9.87. The van der Waals surface area contributed by atoms with Crippen molar-refractivity contribution in [1.29, 1.82) is 0 Å². The zero-order valence-electron chi connectivity index (χ0n) is 16.8. The van der Waals surface area contributed by atoms with Gasteiger partial charge in [0.2, 0.25) is 0 Å². The molecule has 0 radical (unpaired) electrons. The van der Waals surface area contributed by atoms with Crippen LogP contribution in [-0.4, -0.2) is 82.5 Å². The van der Waals surface area contributed by atoms with Crippen LogP contribution in [0.25, 0.3) is 0 Å². The lowest BCUT2D eigenvalue weighted by atomic mass is 9.65. The minimum Gasteiger partial charge on any atom is -0.376 e. The van der Waals surface area contributed by atoms with E-state index in [0.717, 1.165) is 19.0 Å². The number of rotatable bonds is 5. The second-order valence-electron chi connectivity index (χ2n) is 9.20. The Morgan fingerprint density at radius 3 is 2.29 bits per heavy atom. The summed E-state index contributed by atoms with van der Waals surface area (Å²) in [5.41, 5.74) is 1.41. The number of thioether (sulfide) groups is 1.